The molecule has 118 valence electrons. The molecule has 0 aliphatic heterocycles. The fourth-order valence-electron chi connectivity index (χ4n) is 1.71. The zero-order valence-electron chi connectivity index (χ0n) is 13.3. The zero-order valence-corrected chi connectivity index (χ0v) is 13.3. The minimum atomic E-state index is -0.0819. The Morgan fingerprint density at radius 2 is 1.95 bits per heavy atom. The highest BCUT2D eigenvalue weighted by molar-refractivity contribution is 5.94. The summed E-state index contributed by atoms with van der Waals surface area (Å²) in [4.78, 5) is 16.1. The first-order valence-corrected chi connectivity index (χ1v) is 7.28. The summed E-state index contributed by atoms with van der Waals surface area (Å²) in [6.45, 7) is 8.09. The van der Waals surface area contributed by atoms with E-state index in [9.17, 15) is 4.79 Å². The van der Waals surface area contributed by atoms with E-state index in [2.05, 4.69) is 29.3 Å². The third-order valence-corrected chi connectivity index (χ3v) is 3.41. The smallest absolute Gasteiger partial charge is 0.251 e. The molecule has 1 heterocycles. The van der Waals surface area contributed by atoms with Gasteiger partial charge in [0.25, 0.3) is 5.91 Å². The number of benzene rings is 1. The summed E-state index contributed by atoms with van der Waals surface area (Å²) in [6, 6.07) is 7.10. The number of aromatic nitrogens is 2. The van der Waals surface area contributed by atoms with E-state index >= 15 is 0 Å². The molecule has 0 radical (unpaired) electrons. The lowest BCUT2D eigenvalue weighted by atomic mass is 10.1. The normalized spacial score (nSPS) is 12.2. The van der Waals surface area contributed by atoms with Gasteiger partial charge in [-0.05, 0) is 37.1 Å². The van der Waals surface area contributed by atoms with Crippen LogP contribution >= 0.6 is 0 Å². The van der Waals surface area contributed by atoms with E-state index in [1.165, 1.54) is 0 Å². The molecule has 1 aromatic heterocycles. The van der Waals surface area contributed by atoms with Crippen molar-refractivity contribution in [1.29, 1.82) is 0 Å². The van der Waals surface area contributed by atoms with Gasteiger partial charge < -0.3 is 14.6 Å². The molecule has 0 spiro atoms. The number of hydrogen-bond donors (Lipinski definition) is 1. The van der Waals surface area contributed by atoms with Crippen LogP contribution in [-0.2, 0) is 6.61 Å². The Morgan fingerprint density at radius 3 is 2.50 bits per heavy atom. The maximum absolute atomic E-state index is 12.1. The second-order valence-electron chi connectivity index (χ2n) is 5.55. The monoisotopic (exact) mass is 303 g/mol. The van der Waals surface area contributed by atoms with E-state index in [1.807, 2.05) is 6.92 Å². The van der Waals surface area contributed by atoms with E-state index in [4.69, 9.17) is 9.26 Å². The molecule has 2 rings (SSSR count). The van der Waals surface area contributed by atoms with Crippen LogP contribution in [0.5, 0.6) is 5.75 Å². The number of rotatable bonds is 6. The molecular weight excluding hydrogens is 282 g/mol. The molecule has 0 aliphatic carbocycles. The Hall–Kier alpha value is -2.37. The van der Waals surface area contributed by atoms with Gasteiger partial charge in [-0.1, -0.05) is 19.0 Å². The molecule has 6 nitrogen and oxygen atoms in total. The number of nitrogens with zero attached hydrogens (tertiary/aromatic N) is 2. The molecule has 0 fully saturated rings. The quantitative estimate of drug-likeness (QED) is 0.888. The number of hydrogen-bond acceptors (Lipinski definition) is 5. The highest BCUT2D eigenvalue weighted by Gasteiger charge is 2.12. The van der Waals surface area contributed by atoms with Crippen LogP contribution in [0.2, 0.25) is 0 Å². The molecule has 0 saturated carbocycles. The minimum absolute atomic E-state index is 0.0819. The number of ether oxygens (including phenoxy) is 1. The van der Waals surface area contributed by atoms with Crippen LogP contribution in [0.1, 0.15) is 42.8 Å². The van der Waals surface area contributed by atoms with E-state index in [0.717, 1.165) is 0 Å². The van der Waals surface area contributed by atoms with Crippen LogP contribution in [-0.4, -0.2) is 22.1 Å². The molecule has 2 aromatic rings. The zero-order chi connectivity index (χ0) is 16.1. The first-order chi connectivity index (χ1) is 10.5. The Kier molecular flexibility index (Phi) is 5.14. The molecule has 0 bridgehead atoms. The van der Waals surface area contributed by atoms with Crippen molar-refractivity contribution in [3.05, 3.63) is 41.5 Å². The van der Waals surface area contributed by atoms with Crippen molar-refractivity contribution in [2.75, 3.05) is 0 Å². The van der Waals surface area contributed by atoms with E-state index in [-0.39, 0.29) is 18.6 Å². The predicted octanol–water partition coefficient (Wildman–Crippen LogP) is 2.73. The number of nitrogens with one attached hydrogen (secondary N) is 1. The number of carbonyl (C=O) groups is 1. The van der Waals surface area contributed by atoms with Crippen LogP contribution in [0, 0.1) is 12.8 Å². The average Bonchev–Trinajstić information content (AvgIpc) is 2.91. The van der Waals surface area contributed by atoms with Gasteiger partial charge in [-0.3, -0.25) is 4.79 Å². The summed E-state index contributed by atoms with van der Waals surface area (Å²) in [5.74, 6) is 1.96. The van der Waals surface area contributed by atoms with Crippen molar-refractivity contribution >= 4 is 5.91 Å². The lowest BCUT2D eigenvalue weighted by Crippen LogP contribution is -2.36. The third-order valence-electron chi connectivity index (χ3n) is 3.41. The molecule has 1 amide bonds. The lowest BCUT2D eigenvalue weighted by molar-refractivity contribution is 0.0930. The Labute approximate surface area is 129 Å². The largest absolute Gasteiger partial charge is 0.485 e. The van der Waals surface area contributed by atoms with Crippen LogP contribution < -0.4 is 10.1 Å². The molecule has 0 aliphatic rings. The van der Waals surface area contributed by atoms with Crippen molar-refractivity contribution in [3.8, 4) is 5.75 Å². The molecule has 1 N–H and O–H groups in total. The highest BCUT2D eigenvalue weighted by atomic mass is 16.5. The second kappa shape index (κ2) is 7.06. The first-order valence-electron chi connectivity index (χ1n) is 7.28. The number of aryl methyl sites for hydroxylation is 1. The molecule has 1 aromatic carbocycles. The van der Waals surface area contributed by atoms with Crippen LogP contribution in [0.3, 0.4) is 0 Å². The van der Waals surface area contributed by atoms with Gasteiger partial charge >= 0.3 is 0 Å². The number of amides is 1. The van der Waals surface area contributed by atoms with Gasteiger partial charge in [-0.15, -0.1) is 0 Å². The molecule has 0 unspecified atom stereocenters. The predicted molar refractivity (Wildman–Crippen MR) is 81.6 cm³/mol. The maximum atomic E-state index is 12.1. The number of carbonyl (C=O) groups excluding carboxylic acids is 1. The molecular formula is C16H21N3O3. The van der Waals surface area contributed by atoms with E-state index in [1.54, 1.807) is 31.2 Å². The van der Waals surface area contributed by atoms with Gasteiger partial charge in [0.1, 0.15) is 5.75 Å². The lowest BCUT2D eigenvalue weighted by Gasteiger charge is -2.17. The van der Waals surface area contributed by atoms with Gasteiger partial charge in [0.2, 0.25) is 11.7 Å². The Bertz CT molecular complexity index is 620. The fourth-order valence-corrected chi connectivity index (χ4v) is 1.71. The van der Waals surface area contributed by atoms with Crippen LogP contribution in [0.15, 0.2) is 28.8 Å². The molecule has 22 heavy (non-hydrogen) atoms. The van der Waals surface area contributed by atoms with E-state index < -0.39 is 0 Å². The van der Waals surface area contributed by atoms with Gasteiger partial charge in [-0.2, -0.15) is 4.98 Å². The summed E-state index contributed by atoms with van der Waals surface area (Å²) in [6.07, 6.45) is 0. The summed E-state index contributed by atoms with van der Waals surface area (Å²) < 4.78 is 10.4. The first kappa shape index (κ1) is 16.0. The Balaban J connectivity index is 1.91. The second-order valence-corrected chi connectivity index (χ2v) is 5.55. The molecule has 6 heteroatoms. The molecule has 0 saturated heterocycles. The summed E-state index contributed by atoms with van der Waals surface area (Å²) in [5.41, 5.74) is 0.607. The summed E-state index contributed by atoms with van der Waals surface area (Å²) in [5, 5.41) is 6.71. The fraction of sp³-hybridized carbons (Fsp3) is 0.438. The van der Waals surface area contributed by atoms with Crippen molar-refractivity contribution in [1.82, 2.24) is 15.5 Å². The van der Waals surface area contributed by atoms with Gasteiger partial charge in [0, 0.05) is 18.5 Å². The van der Waals surface area contributed by atoms with Crippen LogP contribution in [0.4, 0.5) is 0 Å². The SMILES string of the molecule is Cc1nc(COc2ccc(C(=O)N[C@@H](C)C(C)C)cc2)no1. The standard InChI is InChI=1S/C16H21N3O3/c1-10(2)11(3)17-16(20)13-5-7-14(8-6-13)21-9-15-18-12(4)22-19-15/h5-8,10-11H,9H2,1-4H3,(H,17,20)/t11-/m0/s1. The van der Waals surface area contributed by atoms with Gasteiger partial charge in [0.15, 0.2) is 6.61 Å². The van der Waals surface area contributed by atoms with Crippen molar-refractivity contribution in [2.24, 2.45) is 5.92 Å². The summed E-state index contributed by atoms with van der Waals surface area (Å²) in [7, 11) is 0. The van der Waals surface area contributed by atoms with Crippen molar-refractivity contribution < 1.29 is 14.1 Å². The third kappa shape index (κ3) is 4.31. The topological polar surface area (TPSA) is 77.2 Å². The summed E-state index contributed by atoms with van der Waals surface area (Å²) >= 11 is 0. The van der Waals surface area contributed by atoms with E-state index in [0.29, 0.717) is 28.9 Å². The van der Waals surface area contributed by atoms with Crippen molar-refractivity contribution in [3.63, 3.8) is 0 Å². The van der Waals surface area contributed by atoms with Crippen molar-refractivity contribution in [2.45, 2.75) is 40.3 Å². The highest BCUT2D eigenvalue weighted by Crippen LogP contribution is 2.14. The maximum Gasteiger partial charge on any atom is 0.251 e. The van der Waals surface area contributed by atoms with Gasteiger partial charge in [0.05, 0.1) is 0 Å². The van der Waals surface area contributed by atoms with Crippen LogP contribution in [0.25, 0.3) is 0 Å². The Morgan fingerprint density at radius 1 is 1.27 bits per heavy atom. The minimum Gasteiger partial charge on any atom is -0.485 e. The molecule has 1 atom stereocenters. The van der Waals surface area contributed by atoms with Gasteiger partial charge in [-0.25, -0.2) is 0 Å². The average molecular weight is 303 g/mol.